The van der Waals surface area contributed by atoms with Crippen LogP contribution in [0.25, 0.3) is 0 Å². The average molecular weight is 412 g/mol. The molecular formula is C21H22ClN5O2. The highest BCUT2D eigenvalue weighted by Crippen LogP contribution is 2.12. The van der Waals surface area contributed by atoms with E-state index in [4.69, 9.17) is 17.3 Å². The second-order valence-corrected chi connectivity index (χ2v) is 7.14. The van der Waals surface area contributed by atoms with Crippen LogP contribution in [0.15, 0.2) is 54.9 Å². The molecule has 5 N–H and O–H groups in total. The first-order chi connectivity index (χ1) is 13.9. The van der Waals surface area contributed by atoms with Crippen molar-refractivity contribution in [2.75, 3.05) is 5.73 Å². The summed E-state index contributed by atoms with van der Waals surface area (Å²) in [6.45, 7) is 2.11. The predicted octanol–water partition coefficient (Wildman–Crippen LogP) is 2.61. The Labute approximate surface area is 173 Å². The number of aryl methyl sites for hydroxylation is 1. The molecule has 2 amide bonds. The van der Waals surface area contributed by atoms with Crippen molar-refractivity contribution < 1.29 is 9.59 Å². The minimum absolute atomic E-state index is 0.278. The van der Waals surface area contributed by atoms with Crippen LogP contribution in [-0.4, -0.2) is 27.8 Å². The van der Waals surface area contributed by atoms with Crippen molar-refractivity contribution in [1.29, 1.82) is 0 Å². The number of aromatic nitrogens is 2. The Hall–Kier alpha value is -3.32. The van der Waals surface area contributed by atoms with Crippen LogP contribution in [0.1, 0.15) is 27.2 Å². The largest absolute Gasteiger partial charge is 0.384 e. The summed E-state index contributed by atoms with van der Waals surface area (Å²) >= 11 is 5.94. The first-order valence-electron chi connectivity index (χ1n) is 9.10. The van der Waals surface area contributed by atoms with Crippen LogP contribution in [0.4, 0.5) is 5.82 Å². The number of pyridine rings is 1. The summed E-state index contributed by atoms with van der Waals surface area (Å²) in [6, 6.07) is 11.7. The highest BCUT2D eigenvalue weighted by atomic mass is 35.5. The van der Waals surface area contributed by atoms with Gasteiger partial charge in [0.2, 0.25) is 5.91 Å². The normalized spacial score (nSPS) is 11.7. The van der Waals surface area contributed by atoms with Gasteiger partial charge in [0.25, 0.3) is 5.91 Å². The van der Waals surface area contributed by atoms with Crippen LogP contribution in [0.5, 0.6) is 0 Å². The van der Waals surface area contributed by atoms with E-state index in [0.717, 1.165) is 16.7 Å². The molecule has 0 fully saturated rings. The van der Waals surface area contributed by atoms with E-state index in [0.29, 0.717) is 23.0 Å². The van der Waals surface area contributed by atoms with Crippen molar-refractivity contribution >= 4 is 29.2 Å². The zero-order valence-corrected chi connectivity index (χ0v) is 16.7. The number of nitrogen functional groups attached to an aromatic ring is 1. The molecule has 29 heavy (non-hydrogen) atoms. The molecule has 1 atom stereocenters. The van der Waals surface area contributed by atoms with Gasteiger partial charge in [-0.25, -0.2) is 4.98 Å². The summed E-state index contributed by atoms with van der Waals surface area (Å²) in [4.78, 5) is 32.4. The number of amides is 2. The molecule has 0 unspecified atom stereocenters. The van der Waals surface area contributed by atoms with Crippen molar-refractivity contribution in [3.63, 3.8) is 0 Å². The predicted molar refractivity (Wildman–Crippen MR) is 112 cm³/mol. The summed E-state index contributed by atoms with van der Waals surface area (Å²) in [5, 5.41) is 6.27. The van der Waals surface area contributed by atoms with Gasteiger partial charge in [0.15, 0.2) is 0 Å². The van der Waals surface area contributed by atoms with Crippen molar-refractivity contribution in [3.8, 4) is 0 Å². The molecule has 0 saturated carbocycles. The summed E-state index contributed by atoms with van der Waals surface area (Å²) in [7, 11) is 0. The number of hydrogen-bond donors (Lipinski definition) is 4. The molecule has 0 aliphatic heterocycles. The van der Waals surface area contributed by atoms with Crippen molar-refractivity contribution in [2.24, 2.45) is 0 Å². The minimum atomic E-state index is -0.756. The lowest BCUT2D eigenvalue weighted by Gasteiger charge is -2.19. The smallest absolute Gasteiger partial charge is 0.268 e. The van der Waals surface area contributed by atoms with E-state index in [1.165, 1.54) is 0 Å². The van der Waals surface area contributed by atoms with E-state index in [2.05, 4.69) is 20.6 Å². The third-order valence-electron chi connectivity index (χ3n) is 4.47. The highest BCUT2D eigenvalue weighted by Gasteiger charge is 2.23. The molecule has 0 aliphatic carbocycles. The Morgan fingerprint density at radius 1 is 1.14 bits per heavy atom. The van der Waals surface area contributed by atoms with Crippen molar-refractivity contribution in [1.82, 2.24) is 20.6 Å². The van der Waals surface area contributed by atoms with E-state index >= 15 is 0 Å². The SMILES string of the molecule is Cc1cc[nH]c1C(=O)N[C@@H](Cc1ccc(Cl)cc1)C(=O)NCc1ccc(N)nc1. The number of aromatic amines is 1. The molecule has 3 aromatic rings. The van der Waals surface area contributed by atoms with Gasteiger partial charge in [-0.15, -0.1) is 0 Å². The van der Waals surface area contributed by atoms with Gasteiger partial charge in [-0.3, -0.25) is 9.59 Å². The standard InChI is InChI=1S/C21H22ClN5O2/c1-13-8-9-24-19(13)21(29)27-17(10-14-2-5-16(22)6-3-14)20(28)26-12-15-4-7-18(23)25-11-15/h2-9,11,17,24H,10,12H2,1H3,(H2,23,25)(H,26,28)(H,27,29)/t17-/m0/s1. The van der Waals surface area contributed by atoms with Gasteiger partial charge in [-0.1, -0.05) is 29.8 Å². The molecule has 7 nitrogen and oxygen atoms in total. The van der Waals surface area contributed by atoms with Crippen LogP contribution < -0.4 is 16.4 Å². The van der Waals surface area contributed by atoms with Crippen LogP contribution in [-0.2, 0) is 17.8 Å². The molecule has 0 spiro atoms. The molecule has 0 radical (unpaired) electrons. The molecule has 0 saturated heterocycles. The molecule has 3 rings (SSSR count). The Morgan fingerprint density at radius 3 is 2.48 bits per heavy atom. The summed E-state index contributed by atoms with van der Waals surface area (Å²) in [5.74, 6) is -0.223. The summed E-state index contributed by atoms with van der Waals surface area (Å²) in [6.07, 6.45) is 3.62. The van der Waals surface area contributed by atoms with Gasteiger partial charge in [-0.05, 0) is 47.9 Å². The van der Waals surface area contributed by atoms with Gasteiger partial charge < -0.3 is 21.4 Å². The summed E-state index contributed by atoms with van der Waals surface area (Å²) < 4.78 is 0. The summed E-state index contributed by atoms with van der Waals surface area (Å²) in [5.41, 5.74) is 8.51. The number of rotatable bonds is 7. The molecule has 0 bridgehead atoms. The van der Waals surface area contributed by atoms with E-state index in [-0.39, 0.29) is 18.4 Å². The van der Waals surface area contributed by atoms with Crippen molar-refractivity contribution in [2.45, 2.75) is 25.9 Å². The number of H-pyrrole nitrogens is 1. The fourth-order valence-corrected chi connectivity index (χ4v) is 2.97. The Bertz CT molecular complexity index is 983. The van der Waals surface area contributed by atoms with Crippen LogP contribution in [0.2, 0.25) is 5.02 Å². The van der Waals surface area contributed by atoms with Gasteiger partial charge in [-0.2, -0.15) is 0 Å². The number of halogens is 1. The molecule has 8 heteroatoms. The lowest BCUT2D eigenvalue weighted by atomic mass is 10.0. The first kappa shape index (κ1) is 20.4. The maximum atomic E-state index is 12.8. The number of nitrogens with one attached hydrogen (secondary N) is 3. The molecular weight excluding hydrogens is 390 g/mol. The average Bonchev–Trinajstić information content (AvgIpc) is 3.14. The van der Waals surface area contributed by atoms with Gasteiger partial charge >= 0.3 is 0 Å². The van der Waals surface area contributed by atoms with Crippen LogP contribution in [0, 0.1) is 6.92 Å². The fraction of sp³-hybridized carbons (Fsp3) is 0.190. The van der Waals surface area contributed by atoms with Gasteiger partial charge in [0.1, 0.15) is 17.6 Å². The van der Waals surface area contributed by atoms with Crippen LogP contribution >= 0.6 is 11.6 Å². The maximum absolute atomic E-state index is 12.8. The number of hydrogen-bond acceptors (Lipinski definition) is 4. The van der Waals surface area contributed by atoms with Gasteiger partial charge in [0, 0.05) is 30.4 Å². The zero-order chi connectivity index (χ0) is 20.8. The number of carbonyl (C=O) groups is 2. The quantitative estimate of drug-likeness (QED) is 0.478. The number of nitrogens with zero attached hydrogens (tertiary/aromatic N) is 1. The maximum Gasteiger partial charge on any atom is 0.268 e. The lowest BCUT2D eigenvalue weighted by Crippen LogP contribution is -2.48. The zero-order valence-electron chi connectivity index (χ0n) is 15.9. The monoisotopic (exact) mass is 411 g/mol. The highest BCUT2D eigenvalue weighted by molar-refractivity contribution is 6.30. The first-order valence-corrected chi connectivity index (χ1v) is 9.47. The Morgan fingerprint density at radius 2 is 1.86 bits per heavy atom. The second-order valence-electron chi connectivity index (χ2n) is 6.70. The molecule has 150 valence electrons. The number of carbonyl (C=O) groups excluding carboxylic acids is 2. The second kappa shape index (κ2) is 9.25. The van der Waals surface area contributed by atoms with E-state index in [9.17, 15) is 9.59 Å². The van der Waals surface area contributed by atoms with E-state index < -0.39 is 6.04 Å². The molecule has 1 aromatic carbocycles. The Kier molecular flexibility index (Phi) is 6.51. The number of anilines is 1. The molecule has 2 heterocycles. The fourth-order valence-electron chi connectivity index (χ4n) is 2.84. The van der Waals surface area contributed by atoms with E-state index in [1.54, 1.807) is 42.7 Å². The lowest BCUT2D eigenvalue weighted by molar-refractivity contribution is -0.123. The minimum Gasteiger partial charge on any atom is -0.384 e. The number of nitrogens with two attached hydrogens (primary N) is 1. The van der Waals surface area contributed by atoms with E-state index in [1.807, 2.05) is 19.1 Å². The molecule has 2 aromatic heterocycles. The topological polar surface area (TPSA) is 113 Å². The number of benzene rings is 1. The Balaban J connectivity index is 1.72. The van der Waals surface area contributed by atoms with Crippen molar-refractivity contribution in [3.05, 3.63) is 82.3 Å². The van der Waals surface area contributed by atoms with Crippen LogP contribution in [0.3, 0.4) is 0 Å². The van der Waals surface area contributed by atoms with Gasteiger partial charge in [0.05, 0.1) is 0 Å². The third-order valence-corrected chi connectivity index (χ3v) is 4.72. The molecule has 0 aliphatic rings. The third kappa shape index (κ3) is 5.58.